The van der Waals surface area contributed by atoms with E-state index >= 15 is 0 Å². The van der Waals surface area contributed by atoms with Gasteiger partial charge in [0.15, 0.2) is 5.58 Å². The molecule has 5 nitrogen and oxygen atoms in total. The molecule has 96 valence electrons. The lowest BCUT2D eigenvalue weighted by Gasteiger charge is -2.17. The summed E-state index contributed by atoms with van der Waals surface area (Å²) in [5, 5.41) is 0. The van der Waals surface area contributed by atoms with Crippen molar-refractivity contribution in [2.45, 2.75) is 13.3 Å². The zero-order valence-electron chi connectivity index (χ0n) is 10.5. The van der Waals surface area contributed by atoms with Gasteiger partial charge in [0.1, 0.15) is 12.1 Å². The van der Waals surface area contributed by atoms with Crippen LogP contribution in [0.15, 0.2) is 28.7 Å². The number of methoxy groups -OCH3 is 1. The Kier molecular flexibility index (Phi) is 3.82. The van der Waals surface area contributed by atoms with Crippen LogP contribution in [-0.4, -0.2) is 31.2 Å². The van der Waals surface area contributed by atoms with Crippen molar-refractivity contribution in [3.8, 4) is 0 Å². The highest BCUT2D eigenvalue weighted by Gasteiger charge is 2.16. The molecule has 18 heavy (non-hydrogen) atoms. The number of fused-ring (bicyclic) bond motifs is 1. The Hall–Kier alpha value is -2.04. The summed E-state index contributed by atoms with van der Waals surface area (Å²) in [6.45, 7) is 2.88. The Morgan fingerprint density at radius 1 is 1.44 bits per heavy atom. The third-order valence-corrected chi connectivity index (χ3v) is 2.59. The van der Waals surface area contributed by atoms with Crippen molar-refractivity contribution in [3.05, 3.63) is 24.3 Å². The van der Waals surface area contributed by atoms with Crippen LogP contribution in [0.2, 0.25) is 0 Å². The molecular weight excluding hydrogens is 232 g/mol. The summed E-state index contributed by atoms with van der Waals surface area (Å²) in [7, 11) is 1.37. The summed E-state index contributed by atoms with van der Waals surface area (Å²) in [6.07, 6.45) is 0.899. The van der Waals surface area contributed by atoms with Crippen LogP contribution in [0.25, 0.3) is 11.1 Å². The van der Waals surface area contributed by atoms with E-state index in [0.29, 0.717) is 12.6 Å². The summed E-state index contributed by atoms with van der Waals surface area (Å²) in [4.78, 5) is 17.5. The summed E-state index contributed by atoms with van der Waals surface area (Å²) in [5.41, 5.74) is 1.51. The van der Waals surface area contributed by atoms with Crippen LogP contribution >= 0.6 is 0 Å². The van der Waals surface area contributed by atoms with Crippen LogP contribution in [0, 0.1) is 0 Å². The van der Waals surface area contributed by atoms with Crippen LogP contribution in [0.4, 0.5) is 6.01 Å². The molecule has 0 spiro atoms. The maximum absolute atomic E-state index is 11.4. The van der Waals surface area contributed by atoms with E-state index in [0.717, 1.165) is 17.5 Å². The van der Waals surface area contributed by atoms with Gasteiger partial charge in [-0.15, -0.1) is 0 Å². The van der Waals surface area contributed by atoms with Crippen molar-refractivity contribution in [1.82, 2.24) is 4.98 Å². The zero-order valence-corrected chi connectivity index (χ0v) is 10.5. The van der Waals surface area contributed by atoms with Crippen LogP contribution < -0.4 is 4.90 Å². The number of hydrogen-bond acceptors (Lipinski definition) is 5. The number of benzene rings is 1. The molecule has 5 heteroatoms. The lowest BCUT2D eigenvalue weighted by Crippen LogP contribution is -2.31. The first-order valence-electron chi connectivity index (χ1n) is 5.92. The highest BCUT2D eigenvalue weighted by atomic mass is 16.5. The van der Waals surface area contributed by atoms with Gasteiger partial charge in [-0.05, 0) is 18.6 Å². The van der Waals surface area contributed by atoms with Gasteiger partial charge in [0.05, 0.1) is 7.11 Å². The number of nitrogens with zero attached hydrogens (tertiary/aromatic N) is 2. The molecular formula is C13H16N2O3. The van der Waals surface area contributed by atoms with E-state index in [1.807, 2.05) is 31.2 Å². The minimum atomic E-state index is -0.300. The summed E-state index contributed by atoms with van der Waals surface area (Å²) in [5.74, 6) is -0.300. The number of rotatable bonds is 5. The van der Waals surface area contributed by atoms with Gasteiger partial charge >= 0.3 is 5.97 Å². The Labute approximate surface area is 105 Å². The Morgan fingerprint density at radius 3 is 2.89 bits per heavy atom. The van der Waals surface area contributed by atoms with E-state index < -0.39 is 0 Å². The highest BCUT2D eigenvalue weighted by molar-refractivity contribution is 5.77. The molecule has 1 heterocycles. The molecule has 0 bridgehead atoms. The lowest BCUT2D eigenvalue weighted by molar-refractivity contribution is -0.139. The number of anilines is 1. The molecule has 0 fully saturated rings. The van der Waals surface area contributed by atoms with E-state index in [1.165, 1.54) is 7.11 Å². The average molecular weight is 248 g/mol. The molecule has 0 aliphatic heterocycles. The number of ether oxygens (including phenoxy) is 1. The van der Waals surface area contributed by atoms with Gasteiger partial charge in [-0.25, -0.2) is 0 Å². The number of oxazole rings is 1. The number of aromatic nitrogens is 1. The van der Waals surface area contributed by atoms with E-state index in [-0.39, 0.29) is 12.5 Å². The highest BCUT2D eigenvalue weighted by Crippen LogP contribution is 2.21. The molecule has 0 aliphatic carbocycles. The Bertz CT molecular complexity index is 503. The second-order valence-electron chi connectivity index (χ2n) is 3.96. The fraction of sp³-hybridized carbons (Fsp3) is 0.385. The van der Waals surface area contributed by atoms with Crippen molar-refractivity contribution >= 4 is 23.1 Å². The van der Waals surface area contributed by atoms with Gasteiger partial charge < -0.3 is 14.1 Å². The minimum absolute atomic E-state index is 0.150. The van der Waals surface area contributed by atoms with Crippen molar-refractivity contribution in [2.24, 2.45) is 0 Å². The largest absolute Gasteiger partial charge is 0.468 e. The first-order chi connectivity index (χ1) is 8.74. The van der Waals surface area contributed by atoms with Gasteiger partial charge in [-0.1, -0.05) is 19.1 Å². The topological polar surface area (TPSA) is 55.6 Å². The predicted molar refractivity (Wildman–Crippen MR) is 68.5 cm³/mol. The molecule has 0 saturated carbocycles. The molecule has 0 radical (unpaired) electrons. The van der Waals surface area contributed by atoms with E-state index in [9.17, 15) is 4.79 Å². The van der Waals surface area contributed by atoms with Crippen molar-refractivity contribution in [2.75, 3.05) is 25.1 Å². The molecule has 0 atom stereocenters. The van der Waals surface area contributed by atoms with Gasteiger partial charge in [0.2, 0.25) is 0 Å². The summed E-state index contributed by atoms with van der Waals surface area (Å²) < 4.78 is 10.3. The van der Waals surface area contributed by atoms with Crippen LogP contribution in [0.5, 0.6) is 0 Å². The van der Waals surface area contributed by atoms with Crippen molar-refractivity contribution < 1.29 is 13.9 Å². The number of carbonyl (C=O) groups excluding carboxylic acids is 1. The van der Waals surface area contributed by atoms with Gasteiger partial charge in [0.25, 0.3) is 6.01 Å². The molecule has 0 N–H and O–H groups in total. The summed E-state index contributed by atoms with van der Waals surface area (Å²) in [6, 6.07) is 7.99. The third-order valence-electron chi connectivity index (χ3n) is 2.59. The Morgan fingerprint density at radius 2 is 2.22 bits per heavy atom. The van der Waals surface area contributed by atoms with E-state index in [2.05, 4.69) is 9.72 Å². The number of para-hydroxylation sites is 2. The quantitative estimate of drug-likeness (QED) is 0.759. The molecule has 2 aromatic rings. The first-order valence-corrected chi connectivity index (χ1v) is 5.92. The van der Waals surface area contributed by atoms with Crippen molar-refractivity contribution in [1.29, 1.82) is 0 Å². The Balaban J connectivity index is 2.26. The van der Waals surface area contributed by atoms with Gasteiger partial charge in [-0.3, -0.25) is 4.79 Å². The van der Waals surface area contributed by atoms with Crippen molar-refractivity contribution in [3.63, 3.8) is 0 Å². The number of hydrogen-bond donors (Lipinski definition) is 0. The van der Waals surface area contributed by atoms with E-state index in [4.69, 9.17) is 4.42 Å². The summed E-state index contributed by atoms with van der Waals surface area (Å²) >= 11 is 0. The van der Waals surface area contributed by atoms with Crippen LogP contribution in [0.3, 0.4) is 0 Å². The molecule has 1 aromatic heterocycles. The molecule has 0 unspecified atom stereocenters. The standard InChI is InChI=1S/C13H16N2O3/c1-3-8-15(9-12(16)17-2)13-14-10-6-4-5-7-11(10)18-13/h4-7H,3,8-9H2,1-2H3. The molecule has 0 amide bonds. The first kappa shape index (κ1) is 12.4. The minimum Gasteiger partial charge on any atom is -0.468 e. The lowest BCUT2D eigenvalue weighted by atomic mass is 10.3. The smallest absolute Gasteiger partial charge is 0.325 e. The fourth-order valence-electron chi connectivity index (χ4n) is 1.73. The van der Waals surface area contributed by atoms with Crippen LogP contribution in [0.1, 0.15) is 13.3 Å². The molecule has 0 saturated heterocycles. The van der Waals surface area contributed by atoms with Gasteiger partial charge in [0, 0.05) is 6.54 Å². The second-order valence-corrected chi connectivity index (χ2v) is 3.96. The zero-order chi connectivity index (χ0) is 13.0. The average Bonchev–Trinajstić information content (AvgIpc) is 2.81. The maximum atomic E-state index is 11.4. The SMILES string of the molecule is CCCN(CC(=O)OC)c1nc2ccccc2o1. The predicted octanol–water partition coefficient (Wildman–Crippen LogP) is 2.22. The maximum Gasteiger partial charge on any atom is 0.325 e. The molecule has 0 aliphatic rings. The second kappa shape index (κ2) is 5.53. The third kappa shape index (κ3) is 2.61. The van der Waals surface area contributed by atoms with Gasteiger partial charge in [-0.2, -0.15) is 4.98 Å². The molecule has 2 rings (SSSR count). The molecule has 1 aromatic carbocycles. The number of esters is 1. The fourth-order valence-corrected chi connectivity index (χ4v) is 1.73. The normalized spacial score (nSPS) is 10.6. The number of carbonyl (C=O) groups is 1. The monoisotopic (exact) mass is 248 g/mol. The van der Waals surface area contributed by atoms with Crippen LogP contribution in [-0.2, 0) is 9.53 Å². The van der Waals surface area contributed by atoms with E-state index in [1.54, 1.807) is 4.90 Å².